The Morgan fingerprint density at radius 1 is 0.970 bits per heavy atom. The summed E-state index contributed by atoms with van der Waals surface area (Å²) in [5.41, 5.74) is 3.40. The molecule has 3 aromatic carbocycles. The Morgan fingerprint density at radius 2 is 1.67 bits per heavy atom. The number of benzene rings is 3. The molecule has 168 valence electrons. The number of ether oxygens (including phenoxy) is 2. The van der Waals surface area contributed by atoms with Gasteiger partial charge in [0.1, 0.15) is 11.5 Å². The molecule has 3 rings (SSSR count). The lowest BCUT2D eigenvalue weighted by Gasteiger charge is -2.11. The van der Waals surface area contributed by atoms with Crippen molar-refractivity contribution in [3.63, 3.8) is 0 Å². The molecular formula is C25H21IN2O5. The van der Waals surface area contributed by atoms with Crippen LogP contribution in [0.15, 0.2) is 66.9 Å². The van der Waals surface area contributed by atoms with Gasteiger partial charge in [0.05, 0.1) is 19.1 Å². The topological polar surface area (TPSA) is 90.7 Å². The molecule has 7 nitrogen and oxygen atoms in total. The van der Waals surface area contributed by atoms with Crippen LogP contribution in [0.2, 0.25) is 0 Å². The minimum Gasteiger partial charge on any atom is -0.497 e. The fraction of sp³-hybridized carbons (Fsp3) is 0.0800. The molecule has 0 radical (unpaired) electrons. The molecule has 0 fully saturated rings. The molecule has 1 N–H and O–H groups in total. The molecule has 3 aromatic rings. The van der Waals surface area contributed by atoms with E-state index in [9.17, 15) is 14.9 Å². The lowest BCUT2D eigenvalue weighted by molar-refractivity contribution is -0.400. The highest BCUT2D eigenvalue weighted by molar-refractivity contribution is 14.1. The van der Waals surface area contributed by atoms with Crippen LogP contribution in [0.3, 0.4) is 0 Å². The Hall–Kier alpha value is -3.66. The van der Waals surface area contributed by atoms with Gasteiger partial charge in [-0.1, -0.05) is 24.3 Å². The van der Waals surface area contributed by atoms with Crippen LogP contribution in [0.4, 0.5) is 5.69 Å². The number of methoxy groups -OCH3 is 2. The first-order chi connectivity index (χ1) is 15.9. The van der Waals surface area contributed by atoms with Gasteiger partial charge in [-0.25, -0.2) is 0 Å². The quantitative estimate of drug-likeness (QED) is 0.160. The van der Waals surface area contributed by atoms with Crippen LogP contribution in [-0.4, -0.2) is 25.1 Å². The van der Waals surface area contributed by atoms with E-state index in [-0.39, 0.29) is 5.91 Å². The van der Waals surface area contributed by atoms with Crippen molar-refractivity contribution >= 4 is 52.4 Å². The Morgan fingerprint density at radius 3 is 2.27 bits per heavy atom. The fourth-order valence-corrected chi connectivity index (χ4v) is 3.39. The highest BCUT2D eigenvalue weighted by Gasteiger charge is 2.10. The minimum atomic E-state index is -0.527. The summed E-state index contributed by atoms with van der Waals surface area (Å²) < 4.78 is 11.8. The number of rotatable bonds is 8. The summed E-state index contributed by atoms with van der Waals surface area (Å²) in [4.78, 5) is 22.7. The molecule has 0 bridgehead atoms. The van der Waals surface area contributed by atoms with E-state index in [1.54, 1.807) is 24.3 Å². The lowest BCUT2D eigenvalue weighted by Crippen LogP contribution is -2.11. The normalized spacial score (nSPS) is 11.0. The molecule has 0 atom stereocenters. The van der Waals surface area contributed by atoms with Gasteiger partial charge in [0, 0.05) is 32.5 Å². The number of hydrogen-bond donors (Lipinski definition) is 1. The third-order valence-corrected chi connectivity index (χ3v) is 5.42. The molecule has 0 unspecified atom stereocenters. The van der Waals surface area contributed by atoms with Crippen LogP contribution < -0.4 is 14.8 Å². The Kier molecular flexibility index (Phi) is 8.20. The highest BCUT2D eigenvalue weighted by atomic mass is 127. The molecule has 0 aliphatic carbocycles. The van der Waals surface area contributed by atoms with E-state index in [0.717, 1.165) is 15.3 Å². The van der Waals surface area contributed by atoms with E-state index in [0.29, 0.717) is 33.9 Å². The van der Waals surface area contributed by atoms with Gasteiger partial charge in [0.15, 0.2) is 0 Å². The molecule has 0 saturated carbocycles. The predicted octanol–water partition coefficient (Wildman–Crippen LogP) is 5.98. The number of amides is 1. The maximum absolute atomic E-state index is 12.4. The molecule has 8 heteroatoms. The van der Waals surface area contributed by atoms with E-state index in [1.807, 2.05) is 48.6 Å². The van der Waals surface area contributed by atoms with Gasteiger partial charge < -0.3 is 14.8 Å². The molecule has 0 aliphatic heterocycles. The minimum absolute atomic E-state index is 0.180. The van der Waals surface area contributed by atoms with Crippen LogP contribution in [0, 0.1) is 13.7 Å². The van der Waals surface area contributed by atoms with E-state index in [1.165, 1.54) is 20.3 Å². The second-order valence-electron chi connectivity index (χ2n) is 6.85. The summed E-state index contributed by atoms with van der Waals surface area (Å²) in [5, 5.41) is 13.7. The van der Waals surface area contributed by atoms with E-state index in [4.69, 9.17) is 9.47 Å². The van der Waals surface area contributed by atoms with Gasteiger partial charge in [-0.2, -0.15) is 0 Å². The zero-order valence-electron chi connectivity index (χ0n) is 17.9. The Labute approximate surface area is 205 Å². The van der Waals surface area contributed by atoms with Crippen molar-refractivity contribution in [2.75, 3.05) is 19.5 Å². The number of carbonyl (C=O) groups is 1. The van der Waals surface area contributed by atoms with Crippen LogP contribution in [0.1, 0.15) is 27.0 Å². The first-order valence-corrected chi connectivity index (χ1v) is 10.9. The molecule has 0 spiro atoms. The standard InChI is InChI=1S/C25H21IN2O5/c1-32-22-15-19(23(13-14-28(30)31)24(16-22)33-2)6-3-17-4-11-21(12-5-17)27-25(29)18-7-9-20(26)10-8-18/h3-16H,1-2H3,(H,27,29)/b6-3+,14-13+. The van der Waals surface area contributed by atoms with Gasteiger partial charge in [-0.15, -0.1) is 0 Å². The summed E-state index contributed by atoms with van der Waals surface area (Å²) in [5.74, 6) is 0.847. The number of anilines is 1. The van der Waals surface area contributed by atoms with Crippen LogP contribution >= 0.6 is 22.6 Å². The van der Waals surface area contributed by atoms with Crippen molar-refractivity contribution < 1.29 is 19.2 Å². The van der Waals surface area contributed by atoms with E-state index >= 15 is 0 Å². The van der Waals surface area contributed by atoms with Crippen molar-refractivity contribution in [2.24, 2.45) is 0 Å². The van der Waals surface area contributed by atoms with Crippen LogP contribution in [-0.2, 0) is 0 Å². The second kappa shape index (κ2) is 11.3. The van der Waals surface area contributed by atoms with E-state index < -0.39 is 4.92 Å². The Balaban J connectivity index is 1.81. The fourth-order valence-electron chi connectivity index (χ4n) is 3.03. The second-order valence-corrected chi connectivity index (χ2v) is 8.10. The first kappa shape index (κ1) is 24.0. The molecular weight excluding hydrogens is 535 g/mol. The summed E-state index contributed by atoms with van der Waals surface area (Å²) in [6, 6.07) is 18.1. The van der Waals surface area contributed by atoms with Crippen molar-refractivity contribution in [3.8, 4) is 11.5 Å². The summed E-state index contributed by atoms with van der Waals surface area (Å²) >= 11 is 2.19. The number of nitro groups is 1. The molecule has 0 saturated heterocycles. The SMILES string of the molecule is COc1cc(/C=C/c2ccc(NC(=O)c3ccc(I)cc3)cc2)c(/C=C/[N+](=O)[O-])c(OC)c1. The maximum atomic E-state index is 12.4. The summed E-state index contributed by atoms with van der Waals surface area (Å²) in [6.07, 6.45) is 5.94. The van der Waals surface area contributed by atoms with Crippen molar-refractivity contribution in [3.05, 3.63) is 103 Å². The monoisotopic (exact) mass is 556 g/mol. The molecule has 0 aliphatic rings. The number of nitrogens with one attached hydrogen (secondary N) is 1. The number of nitrogens with zero attached hydrogens (tertiary/aromatic N) is 1. The number of carbonyl (C=O) groups excluding carboxylic acids is 1. The third kappa shape index (κ3) is 6.66. The summed E-state index contributed by atoms with van der Waals surface area (Å²) in [7, 11) is 3.03. The zero-order valence-corrected chi connectivity index (χ0v) is 20.1. The smallest absolute Gasteiger partial charge is 0.255 e. The largest absolute Gasteiger partial charge is 0.497 e. The van der Waals surface area contributed by atoms with Gasteiger partial charge >= 0.3 is 0 Å². The molecule has 0 aromatic heterocycles. The van der Waals surface area contributed by atoms with Gasteiger partial charge in [-0.3, -0.25) is 14.9 Å². The van der Waals surface area contributed by atoms with Crippen molar-refractivity contribution in [2.45, 2.75) is 0 Å². The number of hydrogen-bond acceptors (Lipinski definition) is 5. The number of halogens is 1. The van der Waals surface area contributed by atoms with Crippen molar-refractivity contribution in [1.29, 1.82) is 0 Å². The highest BCUT2D eigenvalue weighted by Crippen LogP contribution is 2.31. The average Bonchev–Trinajstić information content (AvgIpc) is 2.82. The maximum Gasteiger partial charge on any atom is 0.255 e. The van der Waals surface area contributed by atoms with Gasteiger partial charge in [-0.05, 0) is 76.2 Å². The predicted molar refractivity (Wildman–Crippen MR) is 138 cm³/mol. The molecule has 33 heavy (non-hydrogen) atoms. The zero-order chi connectivity index (χ0) is 23.8. The van der Waals surface area contributed by atoms with Gasteiger partial charge in [0.25, 0.3) is 5.91 Å². The Bertz CT molecular complexity index is 1200. The lowest BCUT2D eigenvalue weighted by atomic mass is 10.0. The molecule has 0 heterocycles. The van der Waals surface area contributed by atoms with Crippen LogP contribution in [0.25, 0.3) is 18.2 Å². The molecule has 1 amide bonds. The summed E-state index contributed by atoms with van der Waals surface area (Å²) in [6.45, 7) is 0. The first-order valence-electron chi connectivity index (χ1n) is 9.82. The van der Waals surface area contributed by atoms with E-state index in [2.05, 4.69) is 27.9 Å². The average molecular weight is 556 g/mol. The third-order valence-electron chi connectivity index (χ3n) is 4.70. The van der Waals surface area contributed by atoms with Crippen LogP contribution in [0.5, 0.6) is 11.5 Å². The van der Waals surface area contributed by atoms with Gasteiger partial charge in [0.2, 0.25) is 6.20 Å². The van der Waals surface area contributed by atoms with Crippen molar-refractivity contribution in [1.82, 2.24) is 0 Å².